The normalized spacial score (nSPS) is 23.8. The lowest BCUT2D eigenvalue weighted by atomic mass is 10.1. The van der Waals surface area contributed by atoms with E-state index in [1.807, 2.05) is 0 Å². The number of likely N-dealkylation sites (tertiary alicyclic amines) is 1. The van der Waals surface area contributed by atoms with E-state index < -0.39 is 6.10 Å². The number of morpholine rings is 1. The molecule has 3 rings (SSSR count). The van der Waals surface area contributed by atoms with Gasteiger partial charge in [0.15, 0.2) is 5.96 Å². The average molecular weight is 350 g/mol. The van der Waals surface area contributed by atoms with Crippen LogP contribution in [0.4, 0.5) is 0 Å². The van der Waals surface area contributed by atoms with Gasteiger partial charge in [0.05, 0.1) is 26.0 Å². The molecule has 2 fully saturated rings. The van der Waals surface area contributed by atoms with Gasteiger partial charge in [0.25, 0.3) is 0 Å². The molecule has 2 saturated heterocycles. The molecule has 2 unspecified atom stereocenters. The molecular formula is C18H30N4O3. The molecule has 0 saturated carbocycles. The quantitative estimate of drug-likeness (QED) is 0.587. The lowest BCUT2D eigenvalue weighted by Gasteiger charge is -2.29. The van der Waals surface area contributed by atoms with E-state index >= 15 is 0 Å². The summed E-state index contributed by atoms with van der Waals surface area (Å²) in [6.07, 6.45) is 2.06. The topological polar surface area (TPSA) is 73.5 Å². The van der Waals surface area contributed by atoms with E-state index in [0.29, 0.717) is 18.2 Å². The third-order valence-electron chi connectivity index (χ3n) is 4.83. The first-order valence-corrected chi connectivity index (χ1v) is 9.31. The van der Waals surface area contributed by atoms with Crippen molar-refractivity contribution in [1.29, 1.82) is 0 Å². The van der Waals surface area contributed by atoms with E-state index in [9.17, 15) is 5.11 Å². The Morgan fingerprint density at radius 3 is 2.96 bits per heavy atom. The first-order chi connectivity index (χ1) is 12.3. The van der Waals surface area contributed by atoms with Crippen LogP contribution in [0.25, 0.3) is 0 Å². The number of ether oxygens (including phenoxy) is 1. The molecule has 0 bridgehead atoms. The molecule has 2 N–H and O–H groups in total. The monoisotopic (exact) mass is 350 g/mol. The maximum absolute atomic E-state index is 10.2. The van der Waals surface area contributed by atoms with Crippen LogP contribution < -0.4 is 5.32 Å². The summed E-state index contributed by atoms with van der Waals surface area (Å²) in [5.41, 5.74) is 0. The smallest absolute Gasteiger partial charge is 0.194 e. The number of furan rings is 1. The molecule has 140 valence electrons. The highest BCUT2D eigenvalue weighted by molar-refractivity contribution is 5.80. The molecular weight excluding hydrogens is 320 g/mol. The minimum absolute atomic E-state index is 0.306. The summed E-state index contributed by atoms with van der Waals surface area (Å²) in [4.78, 5) is 9.43. The molecule has 7 nitrogen and oxygen atoms in total. The number of rotatable bonds is 6. The Bertz CT molecular complexity index is 528. The molecule has 25 heavy (non-hydrogen) atoms. The van der Waals surface area contributed by atoms with Crippen molar-refractivity contribution < 1.29 is 14.3 Å². The fraction of sp³-hybridized carbons (Fsp3) is 0.722. The molecule has 2 aliphatic rings. The number of aliphatic hydroxyl groups excluding tert-OH is 1. The van der Waals surface area contributed by atoms with Crippen LogP contribution in [0, 0.1) is 5.92 Å². The van der Waals surface area contributed by atoms with Gasteiger partial charge < -0.3 is 24.5 Å². The summed E-state index contributed by atoms with van der Waals surface area (Å²) in [5.74, 6) is 2.11. The first kappa shape index (κ1) is 18.2. The second-order valence-corrected chi connectivity index (χ2v) is 6.74. The molecule has 0 aromatic carbocycles. The van der Waals surface area contributed by atoms with Crippen molar-refractivity contribution in [2.75, 3.05) is 59.0 Å². The van der Waals surface area contributed by atoms with Gasteiger partial charge in [0.1, 0.15) is 11.9 Å². The van der Waals surface area contributed by atoms with Crippen molar-refractivity contribution in [3.05, 3.63) is 24.2 Å². The zero-order valence-corrected chi connectivity index (χ0v) is 15.1. The molecule has 0 amide bonds. The number of aliphatic hydroxyl groups is 1. The van der Waals surface area contributed by atoms with Crippen LogP contribution in [0.2, 0.25) is 0 Å². The van der Waals surface area contributed by atoms with Crippen LogP contribution in [0.3, 0.4) is 0 Å². The predicted molar refractivity (Wildman–Crippen MR) is 96.6 cm³/mol. The highest BCUT2D eigenvalue weighted by Crippen LogP contribution is 2.19. The van der Waals surface area contributed by atoms with Gasteiger partial charge in [0.2, 0.25) is 0 Å². The van der Waals surface area contributed by atoms with Gasteiger partial charge in [-0.15, -0.1) is 0 Å². The van der Waals surface area contributed by atoms with Gasteiger partial charge in [0, 0.05) is 39.3 Å². The van der Waals surface area contributed by atoms with Crippen molar-refractivity contribution in [2.24, 2.45) is 10.9 Å². The number of nitrogens with one attached hydrogen (secondary N) is 1. The molecule has 0 spiro atoms. The molecule has 3 heterocycles. The molecule has 0 aliphatic carbocycles. The number of hydrogen-bond donors (Lipinski definition) is 2. The number of hydrogen-bond acceptors (Lipinski definition) is 5. The second kappa shape index (κ2) is 9.22. The Morgan fingerprint density at radius 2 is 2.24 bits per heavy atom. The van der Waals surface area contributed by atoms with Gasteiger partial charge in [-0.2, -0.15) is 0 Å². The highest BCUT2D eigenvalue weighted by atomic mass is 16.5. The third kappa shape index (κ3) is 5.20. The van der Waals surface area contributed by atoms with E-state index in [0.717, 1.165) is 58.4 Å². The van der Waals surface area contributed by atoms with Gasteiger partial charge in [-0.3, -0.25) is 4.90 Å². The Morgan fingerprint density at radius 1 is 1.40 bits per heavy atom. The summed E-state index contributed by atoms with van der Waals surface area (Å²) in [6.45, 7) is 10.1. The van der Waals surface area contributed by atoms with Crippen molar-refractivity contribution in [3.8, 4) is 0 Å². The summed E-state index contributed by atoms with van der Waals surface area (Å²) >= 11 is 0. The molecule has 1 aromatic heterocycles. The van der Waals surface area contributed by atoms with E-state index in [4.69, 9.17) is 9.15 Å². The maximum Gasteiger partial charge on any atom is 0.194 e. The summed E-state index contributed by atoms with van der Waals surface area (Å²) < 4.78 is 10.7. The van der Waals surface area contributed by atoms with E-state index in [1.165, 1.54) is 6.42 Å². The minimum Gasteiger partial charge on any atom is -0.467 e. The Balaban J connectivity index is 1.52. The Kier molecular flexibility index (Phi) is 6.72. The van der Waals surface area contributed by atoms with Crippen molar-refractivity contribution in [3.63, 3.8) is 0 Å². The van der Waals surface area contributed by atoms with Crippen molar-refractivity contribution in [2.45, 2.75) is 19.4 Å². The SMILES string of the molecule is CCNC(=NCC(O)c1ccco1)N1CCC(CN2CCOCC2)C1. The van der Waals surface area contributed by atoms with Gasteiger partial charge >= 0.3 is 0 Å². The lowest BCUT2D eigenvalue weighted by molar-refractivity contribution is 0.0315. The summed E-state index contributed by atoms with van der Waals surface area (Å²) in [6, 6.07) is 3.56. The zero-order chi connectivity index (χ0) is 17.5. The Labute approximate surface area is 149 Å². The van der Waals surface area contributed by atoms with Crippen molar-refractivity contribution in [1.82, 2.24) is 15.1 Å². The largest absolute Gasteiger partial charge is 0.467 e. The number of guanidine groups is 1. The maximum atomic E-state index is 10.2. The fourth-order valence-corrected chi connectivity index (χ4v) is 3.49. The molecule has 2 atom stereocenters. The van der Waals surface area contributed by atoms with Crippen LogP contribution in [0.15, 0.2) is 27.8 Å². The van der Waals surface area contributed by atoms with Gasteiger partial charge in [-0.1, -0.05) is 0 Å². The fourth-order valence-electron chi connectivity index (χ4n) is 3.49. The predicted octanol–water partition coefficient (Wildman–Crippen LogP) is 0.933. The van der Waals surface area contributed by atoms with Crippen LogP contribution in [0.5, 0.6) is 0 Å². The van der Waals surface area contributed by atoms with E-state index in [1.54, 1.807) is 18.4 Å². The van der Waals surface area contributed by atoms with Gasteiger partial charge in [-0.05, 0) is 31.4 Å². The van der Waals surface area contributed by atoms with E-state index in [2.05, 4.69) is 27.0 Å². The third-order valence-corrected chi connectivity index (χ3v) is 4.83. The standard InChI is InChI=1S/C18H30N4O3/c1-2-19-18(20-12-16(23)17-4-3-9-25-17)22-6-5-15(14-22)13-21-7-10-24-11-8-21/h3-4,9,15-16,23H,2,5-8,10-14H2,1H3,(H,19,20). The second-order valence-electron chi connectivity index (χ2n) is 6.74. The summed E-state index contributed by atoms with van der Waals surface area (Å²) in [5, 5.41) is 13.5. The minimum atomic E-state index is -0.699. The van der Waals surface area contributed by atoms with Gasteiger partial charge in [-0.25, -0.2) is 4.99 Å². The van der Waals surface area contributed by atoms with Crippen LogP contribution >= 0.6 is 0 Å². The average Bonchev–Trinajstić information content (AvgIpc) is 3.31. The van der Waals surface area contributed by atoms with Crippen LogP contribution in [-0.4, -0.2) is 79.9 Å². The van der Waals surface area contributed by atoms with E-state index in [-0.39, 0.29) is 0 Å². The Hall–Kier alpha value is -1.57. The van der Waals surface area contributed by atoms with Crippen LogP contribution in [-0.2, 0) is 4.74 Å². The number of nitrogens with zero attached hydrogens (tertiary/aromatic N) is 3. The highest BCUT2D eigenvalue weighted by Gasteiger charge is 2.27. The zero-order valence-electron chi connectivity index (χ0n) is 15.1. The molecule has 1 aromatic rings. The lowest BCUT2D eigenvalue weighted by Crippen LogP contribution is -2.42. The number of aliphatic imine (C=N–C) groups is 1. The molecule has 7 heteroatoms. The summed E-state index contributed by atoms with van der Waals surface area (Å²) in [7, 11) is 0. The first-order valence-electron chi connectivity index (χ1n) is 9.31. The van der Waals surface area contributed by atoms with Crippen LogP contribution in [0.1, 0.15) is 25.2 Å². The molecule has 0 radical (unpaired) electrons. The van der Waals surface area contributed by atoms with Crippen molar-refractivity contribution >= 4 is 5.96 Å². The molecule has 2 aliphatic heterocycles.